The summed E-state index contributed by atoms with van der Waals surface area (Å²) in [6.45, 7) is 30.8. The van der Waals surface area contributed by atoms with E-state index in [-0.39, 0.29) is 41.8 Å². The summed E-state index contributed by atoms with van der Waals surface area (Å²) in [7, 11) is 0. The van der Waals surface area contributed by atoms with Gasteiger partial charge in [0.1, 0.15) is 0 Å². The Labute approximate surface area is 304 Å². The summed E-state index contributed by atoms with van der Waals surface area (Å²) in [5.41, 5.74) is 20.4. The Balaban J connectivity index is 1.57. The summed E-state index contributed by atoms with van der Waals surface area (Å²) in [6.07, 6.45) is 0. The van der Waals surface area contributed by atoms with Crippen molar-refractivity contribution in [2.24, 2.45) is 0 Å². The topological polar surface area (TPSA) is 0 Å². The molecule has 2 aliphatic rings. The molecule has 5 aromatic rings. The van der Waals surface area contributed by atoms with Gasteiger partial charge in [0, 0.05) is 0 Å². The van der Waals surface area contributed by atoms with Crippen LogP contribution in [0, 0.1) is 6.92 Å². The molecular weight excluding hydrogens is 597 g/mol. The van der Waals surface area contributed by atoms with Crippen molar-refractivity contribution in [3.63, 3.8) is 0 Å². The average molecular weight is 652 g/mol. The van der Waals surface area contributed by atoms with Crippen molar-refractivity contribution in [1.82, 2.24) is 0 Å². The first-order valence-electron chi connectivity index (χ1n) is 18.9. The van der Waals surface area contributed by atoms with Gasteiger partial charge in [0.2, 0.25) is 20.1 Å². The number of benzene rings is 5. The smallest absolute Gasteiger partial charge is 0.0780 e. The first kappa shape index (κ1) is 34.7. The Bertz CT molecular complexity index is 1940. The Hall–Kier alpha value is -3.71. The lowest BCUT2D eigenvalue weighted by Crippen LogP contribution is -2.84. The Morgan fingerprint density at radius 1 is 0.320 bits per heavy atom. The van der Waals surface area contributed by atoms with Crippen LogP contribution in [0.2, 0.25) is 0 Å². The monoisotopic (exact) mass is 652 g/mol. The molecule has 0 bridgehead atoms. The van der Waals surface area contributed by atoms with Crippen molar-refractivity contribution in [3.8, 4) is 0 Å². The first-order chi connectivity index (χ1) is 23.2. The van der Waals surface area contributed by atoms with Gasteiger partial charge in [-0.25, -0.2) is 0 Å². The van der Waals surface area contributed by atoms with Crippen molar-refractivity contribution < 1.29 is 0 Å². The second-order valence-electron chi connectivity index (χ2n) is 19.6. The second kappa shape index (κ2) is 11.7. The summed E-state index contributed by atoms with van der Waals surface area (Å²) in [6, 6.07) is 39.1. The summed E-state index contributed by atoms with van der Waals surface area (Å²) in [5, 5.41) is 0. The molecule has 50 heavy (non-hydrogen) atoms. The fourth-order valence-electron chi connectivity index (χ4n) is 8.66. The van der Waals surface area contributed by atoms with E-state index in [1.54, 1.807) is 0 Å². The van der Waals surface area contributed by atoms with Crippen LogP contribution in [0.1, 0.15) is 111 Å². The number of fused-ring (bicyclic) bond motifs is 4. The molecule has 252 valence electrons. The predicted molar refractivity (Wildman–Crippen MR) is 226 cm³/mol. The van der Waals surface area contributed by atoms with Gasteiger partial charge in [-0.1, -0.05) is 235 Å². The van der Waals surface area contributed by atoms with E-state index in [4.69, 9.17) is 0 Å². The average Bonchev–Trinajstić information content (AvgIpc) is 3.02. The summed E-state index contributed by atoms with van der Waals surface area (Å²) in [4.78, 5) is 0. The molecule has 2 aliphatic heterocycles. The molecule has 0 N–H and O–H groups in total. The molecule has 0 radical (unpaired) electrons. The third-order valence-corrected chi connectivity index (χ3v) is 11.7. The van der Waals surface area contributed by atoms with Gasteiger partial charge < -0.3 is 0 Å². The lowest BCUT2D eigenvalue weighted by atomic mass is 9.14. The molecule has 0 spiro atoms. The zero-order valence-corrected chi connectivity index (χ0v) is 33.0. The molecular formula is C47H55B3. The minimum atomic E-state index is 0.0529. The van der Waals surface area contributed by atoms with E-state index in [2.05, 4.69) is 187 Å². The number of aryl methyl sites for hydroxylation is 1. The highest BCUT2D eigenvalue weighted by Crippen LogP contribution is 2.25. The molecule has 0 fully saturated rings. The van der Waals surface area contributed by atoms with Crippen molar-refractivity contribution in [2.75, 3.05) is 0 Å². The lowest BCUT2D eigenvalue weighted by Gasteiger charge is -2.41. The molecule has 0 atom stereocenters. The molecule has 0 saturated heterocycles. The van der Waals surface area contributed by atoms with Gasteiger partial charge in [-0.2, -0.15) is 0 Å². The third-order valence-electron chi connectivity index (χ3n) is 11.7. The maximum atomic E-state index is 2.58. The third kappa shape index (κ3) is 5.93. The molecule has 0 aromatic heterocycles. The highest BCUT2D eigenvalue weighted by Gasteiger charge is 2.47. The van der Waals surface area contributed by atoms with Crippen molar-refractivity contribution in [1.29, 1.82) is 0 Å². The number of rotatable bonds is 2. The fourth-order valence-corrected chi connectivity index (χ4v) is 8.66. The Kier molecular flexibility index (Phi) is 8.10. The van der Waals surface area contributed by atoms with Crippen LogP contribution < -0.4 is 49.2 Å². The van der Waals surface area contributed by atoms with Gasteiger partial charge in [0.25, 0.3) is 0 Å². The van der Waals surface area contributed by atoms with Crippen molar-refractivity contribution in [2.45, 2.75) is 112 Å². The minimum Gasteiger partial charge on any atom is -0.0780 e. The van der Waals surface area contributed by atoms with Crippen LogP contribution in [0.5, 0.6) is 0 Å². The molecule has 0 unspecified atom stereocenters. The summed E-state index contributed by atoms with van der Waals surface area (Å²) < 4.78 is 0. The molecule has 0 saturated carbocycles. The molecule has 0 nitrogen and oxygen atoms in total. The molecule has 7 rings (SSSR count). The van der Waals surface area contributed by atoms with Crippen LogP contribution >= 0.6 is 0 Å². The normalized spacial score (nSPS) is 14.4. The first-order valence-corrected chi connectivity index (χ1v) is 18.9. The molecule has 2 heterocycles. The molecule has 5 aromatic carbocycles. The molecule has 0 aliphatic carbocycles. The van der Waals surface area contributed by atoms with E-state index in [0.717, 1.165) is 0 Å². The van der Waals surface area contributed by atoms with E-state index >= 15 is 0 Å². The van der Waals surface area contributed by atoms with Crippen LogP contribution in [0.3, 0.4) is 0 Å². The Morgan fingerprint density at radius 2 is 0.640 bits per heavy atom. The maximum absolute atomic E-state index is 2.58. The van der Waals surface area contributed by atoms with Gasteiger partial charge in [0.15, 0.2) is 0 Å². The number of hydrogen-bond donors (Lipinski definition) is 0. The molecule has 0 amide bonds. The predicted octanol–water partition coefficient (Wildman–Crippen LogP) is 5.36. The maximum Gasteiger partial charge on any atom is 0.240 e. The van der Waals surface area contributed by atoms with Gasteiger partial charge in [-0.15, -0.1) is 0 Å². The van der Waals surface area contributed by atoms with Crippen LogP contribution in [0.15, 0.2) is 97.1 Å². The van der Waals surface area contributed by atoms with Crippen LogP contribution in [-0.2, 0) is 21.7 Å². The zero-order valence-electron chi connectivity index (χ0n) is 33.0. The SMILES string of the molecule is Cc1cc2c3c(c1)B(c1ccc(C(C)(C)C)cc1)c1ccc(C(C)(C)C)cc1B3c1cc(C(C)(C)C)ccc1B2c1ccc(C(C)(C)C)cc1. The number of hydrogen-bond acceptors (Lipinski definition) is 0. The Morgan fingerprint density at radius 3 is 0.960 bits per heavy atom. The van der Waals surface area contributed by atoms with E-state index in [9.17, 15) is 0 Å². The van der Waals surface area contributed by atoms with Crippen LogP contribution in [-0.4, -0.2) is 20.1 Å². The lowest BCUT2D eigenvalue weighted by molar-refractivity contribution is 0.590. The van der Waals surface area contributed by atoms with Gasteiger partial charge >= 0.3 is 0 Å². The minimum absolute atomic E-state index is 0.0529. The quantitative estimate of drug-likeness (QED) is 0.221. The highest BCUT2D eigenvalue weighted by molar-refractivity contribution is 7.18. The van der Waals surface area contributed by atoms with Gasteiger partial charge in [-0.05, 0) is 50.8 Å². The highest BCUT2D eigenvalue weighted by atomic mass is 14.3. The van der Waals surface area contributed by atoms with Crippen molar-refractivity contribution >= 4 is 69.3 Å². The van der Waals surface area contributed by atoms with Crippen LogP contribution in [0.25, 0.3) is 0 Å². The van der Waals surface area contributed by atoms with E-state index < -0.39 is 0 Å². The molecule has 3 heteroatoms. The van der Waals surface area contributed by atoms with Gasteiger partial charge in [-0.3, -0.25) is 0 Å². The summed E-state index contributed by atoms with van der Waals surface area (Å²) in [5.74, 6) is 0. The zero-order chi connectivity index (χ0) is 36.1. The van der Waals surface area contributed by atoms with E-state index in [1.807, 2.05) is 0 Å². The van der Waals surface area contributed by atoms with E-state index in [0.29, 0.717) is 0 Å². The van der Waals surface area contributed by atoms with E-state index in [1.165, 1.54) is 77.0 Å². The standard InChI is InChI=1S/C47H55B3/c1-30-26-41-43-42(27-30)49(36-22-16-32(17-23-36)45(5,6)7)38-25-19-34(47(11,12)13)29-40(38)50(43)39-28-33(46(8,9)10)18-24-37(39)48(41)35-20-14-31(15-21-35)44(2,3)4/h14-29H,1-13H3. The largest absolute Gasteiger partial charge is 0.240 e. The van der Waals surface area contributed by atoms with Crippen LogP contribution in [0.4, 0.5) is 0 Å². The second-order valence-corrected chi connectivity index (χ2v) is 19.6. The van der Waals surface area contributed by atoms with Crippen molar-refractivity contribution in [3.05, 3.63) is 125 Å². The van der Waals surface area contributed by atoms with Gasteiger partial charge in [0.05, 0.1) is 0 Å². The summed E-state index contributed by atoms with van der Waals surface area (Å²) >= 11 is 0. The fraction of sp³-hybridized carbons (Fsp3) is 0.362.